The lowest BCUT2D eigenvalue weighted by atomic mass is 9.94. The number of anilines is 2. The van der Waals surface area contributed by atoms with Gasteiger partial charge in [0, 0.05) is 30.9 Å². The van der Waals surface area contributed by atoms with Crippen LogP contribution >= 0.6 is 0 Å². The van der Waals surface area contributed by atoms with Gasteiger partial charge in [0.15, 0.2) is 0 Å². The van der Waals surface area contributed by atoms with Crippen LogP contribution in [0.2, 0.25) is 0 Å². The van der Waals surface area contributed by atoms with Crippen molar-refractivity contribution >= 4 is 29.1 Å². The third kappa shape index (κ3) is 5.74. The highest BCUT2D eigenvalue weighted by atomic mass is 16.5. The molecule has 3 atom stereocenters. The molecule has 2 heterocycles. The van der Waals surface area contributed by atoms with Gasteiger partial charge >= 0.3 is 0 Å². The van der Waals surface area contributed by atoms with Crippen molar-refractivity contribution in [2.45, 2.75) is 50.9 Å². The van der Waals surface area contributed by atoms with Gasteiger partial charge < -0.3 is 29.7 Å². The SMILES string of the molecule is CCC(=O)Nc1ccc2c(c1)C(=O)N(C)[C@H]1CC[C@H](CC(=O)Nc3cccc(OC)c3)O[C@@H]1CO2. The van der Waals surface area contributed by atoms with Crippen LogP contribution in [0, 0.1) is 0 Å². The number of amides is 3. The summed E-state index contributed by atoms with van der Waals surface area (Å²) < 4.78 is 17.4. The molecule has 1 fully saturated rings. The van der Waals surface area contributed by atoms with Crippen molar-refractivity contribution in [2.75, 3.05) is 31.4 Å². The average Bonchev–Trinajstić information content (AvgIpc) is 2.86. The summed E-state index contributed by atoms with van der Waals surface area (Å²) in [6, 6.07) is 12.1. The first kappa shape index (κ1) is 24.5. The van der Waals surface area contributed by atoms with Gasteiger partial charge in [-0.3, -0.25) is 14.4 Å². The first-order chi connectivity index (χ1) is 16.9. The molecule has 0 aromatic heterocycles. The third-order valence-electron chi connectivity index (χ3n) is 6.38. The number of hydrogen-bond acceptors (Lipinski definition) is 6. The van der Waals surface area contributed by atoms with Gasteiger partial charge in [-0.15, -0.1) is 0 Å². The van der Waals surface area contributed by atoms with E-state index >= 15 is 0 Å². The maximum Gasteiger partial charge on any atom is 0.257 e. The minimum absolute atomic E-state index is 0.125. The molecule has 3 amide bonds. The Morgan fingerprint density at radius 1 is 1.09 bits per heavy atom. The number of hydrogen-bond donors (Lipinski definition) is 2. The van der Waals surface area contributed by atoms with Gasteiger partial charge in [0.05, 0.1) is 31.2 Å². The summed E-state index contributed by atoms with van der Waals surface area (Å²) in [6.45, 7) is 2.02. The molecule has 0 saturated carbocycles. The molecule has 1 saturated heterocycles. The lowest BCUT2D eigenvalue weighted by Crippen LogP contribution is -2.53. The number of fused-ring (bicyclic) bond motifs is 2. The lowest BCUT2D eigenvalue weighted by molar-refractivity contribution is -0.130. The molecule has 9 nitrogen and oxygen atoms in total. The number of methoxy groups -OCH3 is 1. The van der Waals surface area contributed by atoms with Crippen molar-refractivity contribution in [1.82, 2.24) is 4.90 Å². The van der Waals surface area contributed by atoms with Crippen molar-refractivity contribution in [1.29, 1.82) is 0 Å². The van der Waals surface area contributed by atoms with Crippen LogP contribution in [-0.2, 0) is 14.3 Å². The smallest absolute Gasteiger partial charge is 0.257 e. The fraction of sp³-hybridized carbons (Fsp3) is 0.423. The van der Waals surface area contributed by atoms with E-state index in [1.54, 1.807) is 56.3 Å². The molecule has 186 valence electrons. The number of benzene rings is 2. The Bertz CT molecular complexity index is 1100. The number of ether oxygens (including phenoxy) is 3. The first-order valence-corrected chi connectivity index (χ1v) is 11.8. The van der Waals surface area contributed by atoms with Crippen molar-refractivity contribution < 1.29 is 28.6 Å². The van der Waals surface area contributed by atoms with Crippen LogP contribution in [0.25, 0.3) is 0 Å². The van der Waals surface area contributed by atoms with Crippen LogP contribution < -0.4 is 20.1 Å². The van der Waals surface area contributed by atoms with E-state index in [0.717, 1.165) is 0 Å². The molecule has 0 radical (unpaired) electrons. The van der Waals surface area contributed by atoms with Gasteiger partial charge in [0.2, 0.25) is 11.8 Å². The van der Waals surface area contributed by atoms with Crippen LogP contribution in [0.4, 0.5) is 11.4 Å². The van der Waals surface area contributed by atoms with Crippen LogP contribution in [0.5, 0.6) is 11.5 Å². The van der Waals surface area contributed by atoms with Crippen molar-refractivity contribution in [3.63, 3.8) is 0 Å². The van der Waals surface area contributed by atoms with E-state index in [-0.39, 0.29) is 49.0 Å². The molecule has 2 aliphatic heterocycles. The maximum atomic E-state index is 13.3. The Morgan fingerprint density at radius 2 is 1.86 bits per heavy atom. The van der Waals surface area contributed by atoms with E-state index < -0.39 is 0 Å². The highest BCUT2D eigenvalue weighted by Crippen LogP contribution is 2.32. The average molecular weight is 482 g/mol. The fourth-order valence-corrected chi connectivity index (χ4v) is 4.47. The van der Waals surface area contributed by atoms with Crippen molar-refractivity contribution in [3.05, 3.63) is 48.0 Å². The van der Waals surface area contributed by atoms with Crippen LogP contribution in [0.3, 0.4) is 0 Å². The summed E-state index contributed by atoms with van der Waals surface area (Å²) in [5, 5.41) is 5.67. The van der Waals surface area contributed by atoms with Crippen molar-refractivity contribution in [2.24, 2.45) is 0 Å². The Kier molecular flexibility index (Phi) is 7.55. The normalized spacial score (nSPS) is 21.5. The molecule has 2 aliphatic rings. The summed E-state index contributed by atoms with van der Waals surface area (Å²) in [5.74, 6) is 0.639. The van der Waals surface area contributed by atoms with Gasteiger partial charge in [-0.2, -0.15) is 0 Å². The van der Waals surface area contributed by atoms with Gasteiger partial charge in [0.1, 0.15) is 24.2 Å². The van der Waals surface area contributed by atoms with Gasteiger partial charge in [0.25, 0.3) is 5.91 Å². The zero-order valence-electron chi connectivity index (χ0n) is 20.2. The Labute approximate surface area is 204 Å². The summed E-state index contributed by atoms with van der Waals surface area (Å²) in [6.07, 6.45) is 1.24. The molecule has 0 unspecified atom stereocenters. The van der Waals surface area contributed by atoms with E-state index in [4.69, 9.17) is 14.2 Å². The third-order valence-corrected chi connectivity index (χ3v) is 6.38. The summed E-state index contributed by atoms with van der Waals surface area (Å²) in [7, 11) is 3.33. The van der Waals surface area contributed by atoms with Gasteiger partial charge in [-0.25, -0.2) is 0 Å². The predicted octanol–water partition coefficient (Wildman–Crippen LogP) is 3.45. The van der Waals surface area contributed by atoms with E-state index in [1.807, 2.05) is 12.1 Å². The number of rotatable bonds is 6. The number of likely N-dealkylation sites (N-methyl/N-ethyl adjacent to an activating group) is 1. The number of nitrogens with one attached hydrogen (secondary N) is 2. The molecule has 4 rings (SSSR count). The molecule has 2 aromatic rings. The van der Waals surface area contributed by atoms with E-state index in [0.29, 0.717) is 47.7 Å². The Morgan fingerprint density at radius 3 is 2.63 bits per heavy atom. The Hall–Kier alpha value is -3.59. The number of carbonyl (C=O) groups is 3. The topological polar surface area (TPSA) is 106 Å². The highest BCUT2D eigenvalue weighted by Gasteiger charge is 2.39. The second-order valence-electron chi connectivity index (χ2n) is 8.77. The Balaban J connectivity index is 1.42. The van der Waals surface area contributed by atoms with E-state index in [1.165, 1.54) is 0 Å². The molecular formula is C26H31N3O6. The number of carbonyl (C=O) groups excluding carboxylic acids is 3. The molecule has 0 aliphatic carbocycles. The van der Waals surface area contributed by atoms with E-state index in [9.17, 15) is 14.4 Å². The maximum absolute atomic E-state index is 13.3. The number of nitrogens with zero attached hydrogens (tertiary/aromatic N) is 1. The zero-order chi connectivity index (χ0) is 24.9. The monoisotopic (exact) mass is 481 g/mol. The summed E-state index contributed by atoms with van der Waals surface area (Å²) >= 11 is 0. The van der Waals surface area contributed by atoms with E-state index in [2.05, 4.69) is 10.6 Å². The highest BCUT2D eigenvalue weighted by molar-refractivity contribution is 5.99. The molecule has 2 aromatic carbocycles. The second kappa shape index (κ2) is 10.8. The second-order valence-corrected chi connectivity index (χ2v) is 8.77. The van der Waals surface area contributed by atoms with Crippen LogP contribution in [-0.4, -0.2) is 61.6 Å². The van der Waals surface area contributed by atoms with Crippen LogP contribution in [0.15, 0.2) is 42.5 Å². The summed E-state index contributed by atoms with van der Waals surface area (Å²) in [4.78, 5) is 39.3. The standard InChI is InChI=1S/C26H31N3O6/c1-4-24(30)27-17-8-11-22-20(13-17)26(32)29(2)21-10-9-19(35-23(21)15-34-22)14-25(31)28-16-6-5-7-18(12-16)33-3/h5-8,11-13,19,21,23H,4,9-10,14-15H2,1-3H3,(H,27,30)(H,28,31)/t19-,21+,23-/m1/s1. The minimum Gasteiger partial charge on any atom is -0.497 e. The lowest BCUT2D eigenvalue weighted by Gasteiger charge is -2.42. The van der Waals surface area contributed by atoms with Gasteiger partial charge in [-0.05, 0) is 43.2 Å². The molecular weight excluding hydrogens is 450 g/mol. The zero-order valence-corrected chi connectivity index (χ0v) is 20.2. The largest absolute Gasteiger partial charge is 0.497 e. The molecule has 2 N–H and O–H groups in total. The molecule has 9 heteroatoms. The minimum atomic E-state index is -0.361. The van der Waals surface area contributed by atoms with Gasteiger partial charge in [-0.1, -0.05) is 13.0 Å². The first-order valence-electron chi connectivity index (χ1n) is 11.8. The fourth-order valence-electron chi connectivity index (χ4n) is 4.47. The molecule has 0 spiro atoms. The van der Waals surface area contributed by atoms with Crippen molar-refractivity contribution in [3.8, 4) is 11.5 Å². The quantitative estimate of drug-likeness (QED) is 0.655. The molecule has 0 bridgehead atoms. The summed E-state index contributed by atoms with van der Waals surface area (Å²) in [5.41, 5.74) is 1.62. The predicted molar refractivity (Wildman–Crippen MR) is 131 cm³/mol. The van der Waals surface area contributed by atoms with Crippen LogP contribution in [0.1, 0.15) is 43.0 Å². The molecule has 35 heavy (non-hydrogen) atoms.